The van der Waals surface area contributed by atoms with Crippen molar-refractivity contribution in [1.29, 1.82) is 10.8 Å². The summed E-state index contributed by atoms with van der Waals surface area (Å²) >= 11 is 0. The molecule has 0 unspecified atom stereocenters. The number of nitrogens with one attached hydrogen (secondary N) is 3. The van der Waals surface area contributed by atoms with Crippen LogP contribution in [0.2, 0.25) is 0 Å². The van der Waals surface area contributed by atoms with Crippen molar-refractivity contribution in [2.24, 2.45) is 16.6 Å². The van der Waals surface area contributed by atoms with Crippen molar-refractivity contribution < 1.29 is 0 Å². The van der Waals surface area contributed by atoms with Gasteiger partial charge in [0, 0.05) is 0 Å². The van der Waals surface area contributed by atoms with E-state index in [9.17, 15) is 0 Å². The van der Waals surface area contributed by atoms with Crippen molar-refractivity contribution in [2.45, 2.75) is 0 Å². The van der Waals surface area contributed by atoms with E-state index in [2.05, 4.69) is 10.6 Å². The van der Waals surface area contributed by atoms with Crippen LogP contribution in [0.25, 0.3) is 0 Å². The zero-order valence-corrected chi connectivity index (χ0v) is 5.57. The van der Waals surface area contributed by atoms with E-state index in [1.807, 2.05) is 0 Å². The molecule has 0 bridgehead atoms. The maximum absolute atomic E-state index is 6.99. The number of hydrogen-bond acceptors (Lipinski definition) is 4. The Morgan fingerprint density at radius 1 is 1.36 bits per heavy atom. The molecule has 0 aliphatic carbocycles. The van der Waals surface area contributed by atoms with Crippen LogP contribution >= 0.6 is 0 Å². The number of nitrogens with two attached hydrogens (primary N) is 2. The summed E-state index contributed by atoms with van der Waals surface area (Å²) in [6.45, 7) is 0. The van der Waals surface area contributed by atoms with Gasteiger partial charge < -0.3 is 11.5 Å². The lowest BCUT2D eigenvalue weighted by molar-refractivity contribution is 0.176. The zero-order chi connectivity index (χ0) is 8.43. The number of hydrazine groups is 2. The summed E-state index contributed by atoms with van der Waals surface area (Å²) in [7, 11) is 0. The Morgan fingerprint density at radius 3 is 2.36 bits per heavy atom. The summed E-state index contributed by atoms with van der Waals surface area (Å²) in [6, 6.07) is 0. The van der Waals surface area contributed by atoms with Crippen LogP contribution in [0.4, 0.5) is 0 Å². The highest BCUT2D eigenvalue weighted by molar-refractivity contribution is 5.90. The second-order valence-corrected chi connectivity index (χ2v) is 1.77. The Labute approximate surface area is 62.4 Å². The van der Waals surface area contributed by atoms with Gasteiger partial charge in [0.25, 0.3) is 0 Å². The third-order valence-corrected chi connectivity index (χ3v) is 1.01. The van der Waals surface area contributed by atoms with Crippen LogP contribution in [0.15, 0.2) is 5.10 Å². The molecule has 11 heavy (non-hydrogen) atoms. The Kier molecular flexibility index (Phi) is 1.51. The van der Waals surface area contributed by atoms with E-state index in [0.717, 1.165) is 10.1 Å². The number of hydrogen-bond donors (Lipinski definition) is 5. The molecule has 0 radical (unpaired) electrons. The summed E-state index contributed by atoms with van der Waals surface area (Å²) < 4.78 is 0. The third-order valence-electron chi connectivity index (χ3n) is 1.01. The van der Waals surface area contributed by atoms with Crippen molar-refractivity contribution in [3.63, 3.8) is 0 Å². The molecular weight excluding hydrogens is 148 g/mol. The Bertz CT molecular complexity index is 217. The summed E-state index contributed by atoms with van der Waals surface area (Å²) in [5, 5.41) is 19.6. The predicted octanol–water partition coefficient (Wildman–Crippen LogP) is -2.25. The monoisotopic (exact) mass is 156 g/mol. The summed E-state index contributed by atoms with van der Waals surface area (Å²) in [6.07, 6.45) is 1.24. The first-order valence-electron chi connectivity index (χ1n) is 2.69. The smallest absolute Gasteiger partial charge is 0.230 e. The van der Waals surface area contributed by atoms with E-state index in [1.54, 1.807) is 0 Å². The Hall–Kier alpha value is -1.99. The molecule has 0 fully saturated rings. The minimum atomic E-state index is -0.294. The van der Waals surface area contributed by atoms with E-state index in [-0.39, 0.29) is 11.9 Å². The Morgan fingerprint density at radius 2 is 2.00 bits per heavy atom. The largest absolute Gasteiger partial charge is 0.368 e. The fourth-order valence-electron chi connectivity index (χ4n) is 0.575. The molecular formula is C3H8N8. The van der Waals surface area contributed by atoms with Gasteiger partial charge in [-0.05, 0) is 0 Å². The Balaban J connectivity index is 2.71. The second-order valence-electron chi connectivity index (χ2n) is 1.77. The lowest BCUT2D eigenvalue weighted by Gasteiger charge is -2.23. The van der Waals surface area contributed by atoms with Crippen LogP contribution < -0.4 is 17.0 Å². The van der Waals surface area contributed by atoms with Gasteiger partial charge >= 0.3 is 0 Å². The molecule has 8 heteroatoms. The normalized spacial score (nSPS) is 14.9. The molecule has 0 aromatic rings. The molecule has 0 saturated carbocycles. The lowest BCUT2D eigenvalue weighted by atomic mass is 10.9. The van der Waals surface area contributed by atoms with Crippen LogP contribution in [0, 0.1) is 10.8 Å². The van der Waals surface area contributed by atoms with Crippen LogP contribution in [0.5, 0.6) is 0 Å². The van der Waals surface area contributed by atoms with Crippen LogP contribution in [-0.4, -0.2) is 28.4 Å². The predicted molar refractivity (Wildman–Crippen MR) is 39.1 cm³/mol. The minimum Gasteiger partial charge on any atom is -0.368 e. The van der Waals surface area contributed by atoms with Crippen molar-refractivity contribution in [3.05, 3.63) is 0 Å². The van der Waals surface area contributed by atoms with Gasteiger partial charge in [-0.2, -0.15) is 10.5 Å². The fraction of sp³-hybridized carbons (Fsp3) is 0. The average molecular weight is 156 g/mol. The highest BCUT2D eigenvalue weighted by Crippen LogP contribution is 1.94. The molecule has 0 atom stereocenters. The summed E-state index contributed by atoms with van der Waals surface area (Å²) in [4.78, 5) is 0. The van der Waals surface area contributed by atoms with Crippen molar-refractivity contribution in [2.75, 3.05) is 0 Å². The van der Waals surface area contributed by atoms with Gasteiger partial charge in [0.1, 0.15) is 6.34 Å². The lowest BCUT2D eigenvalue weighted by Crippen LogP contribution is -2.54. The molecule has 8 nitrogen and oxygen atoms in total. The van der Waals surface area contributed by atoms with Gasteiger partial charge in [-0.25, -0.2) is 0 Å². The molecule has 60 valence electrons. The van der Waals surface area contributed by atoms with Crippen molar-refractivity contribution in [1.82, 2.24) is 15.7 Å². The van der Waals surface area contributed by atoms with Gasteiger partial charge in [0.2, 0.25) is 11.9 Å². The van der Waals surface area contributed by atoms with Crippen LogP contribution in [0.1, 0.15) is 0 Å². The molecule has 1 aliphatic rings. The molecule has 1 heterocycles. The molecule has 7 N–H and O–H groups in total. The first kappa shape index (κ1) is 7.12. The number of hydrazone groups is 1. The SMILES string of the molecule is N=C(N)N1C=NNN1C(=N)N. The first-order chi connectivity index (χ1) is 5.13. The van der Waals surface area contributed by atoms with Gasteiger partial charge in [-0.1, -0.05) is 0 Å². The van der Waals surface area contributed by atoms with Crippen LogP contribution in [0.3, 0.4) is 0 Å². The fourth-order valence-corrected chi connectivity index (χ4v) is 0.575. The summed E-state index contributed by atoms with van der Waals surface area (Å²) in [5.41, 5.74) is 12.6. The van der Waals surface area contributed by atoms with Gasteiger partial charge in [0.05, 0.1) is 0 Å². The number of rotatable bonds is 0. The van der Waals surface area contributed by atoms with Crippen molar-refractivity contribution in [3.8, 4) is 0 Å². The highest BCUT2D eigenvalue weighted by atomic mass is 15.9. The molecule has 1 aliphatic heterocycles. The van der Waals surface area contributed by atoms with Crippen molar-refractivity contribution >= 4 is 18.3 Å². The zero-order valence-electron chi connectivity index (χ0n) is 5.57. The third kappa shape index (κ3) is 1.13. The molecule has 0 aromatic carbocycles. The van der Waals surface area contributed by atoms with E-state index >= 15 is 0 Å². The second kappa shape index (κ2) is 2.33. The quantitative estimate of drug-likeness (QED) is 0.200. The minimum absolute atomic E-state index is 0.269. The summed E-state index contributed by atoms with van der Waals surface area (Å²) in [5.74, 6) is -0.563. The molecule has 0 aromatic heterocycles. The topological polar surface area (TPSA) is 131 Å². The molecule has 0 amide bonds. The van der Waals surface area contributed by atoms with Crippen LogP contribution in [-0.2, 0) is 0 Å². The molecule has 1 rings (SSSR count). The van der Waals surface area contributed by atoms with E-state index in [0.29, 0.717) is 0 Å². The van der Waals surface area contributed by atoms with E-state index < -0.39 is 0 Å². The maximum atomic E-state index is 6.99. The van der Waals surface area contributed by atoms with Gasteiger partial charge in [-0.15, -0.1) is 10.2 Å². The maximum Gasteiger partial charge on any atom is 0.230 e. The highest BCUT2D eigenvalue weighted by Gasteiger charge is 2.20. The van der Waals surface area contributed by atoms with E-state index in [1.165, 1.54) is 6.34 Å². The number of guanidine groups is 2. The molecule has 0 saturated heterocycles. The number of nitrogens with zero attached hydrogens (tertiary/aromatic N) is 3. The van der Waals surface area contributed by atoms with Gasteiger partial charge in [-0.3, -0.25) is 10.8 Å². The van der Waals surface area contributed by atoms with E-state index in [4.69, 9.17) is 22.3 Å². The van der Waals surface area contributed by atoms with Gasteiger partial charge in [0.15, 0.2) is 0 Å². The average Bonchev–Trinajstić information content (AvgIpc) is 2.32. The standard InChI is InChI=1S/C3H8N8/c4-2(5)10-1-8-9-11(10)3(6)7/h1,9H,(H3,4,5)(H3,6,7). The first-order valence-corrected chi connectivity index (χ1v) is 2.69. The molecule has 0 spiro atoms.